The maximum atomic E-state index is 12.7. The number of alkyl halides is 3. The zero-order valence-electron chi connectivity index (χ0n) is 10.3. The van der Waals surface area contributed by atoms with E-state index in [1.165, 1.54) is 24.4 Å². The van der Waals surface area contributed by atoms with Crippen LogP contribution in [0, 0.1) is 0 Å². The molecular formula is C13H8ClF3N2O2. The lowest BCUT2D eigenvalue weighted by molar-refractivity contribution is -0.137. The molecule has 0 unspecified atom stereocenters. The van der Waals surface area contributed by atoms with E-state index < -0.39 is 17.7 Å². The number of aromatic carboxylic acids is 1. The van der Waals surface area contributed by atoms with Gasteiger partial charge in [0.2, 0.25) is 0 Å². The highest BCUT2D eigenvalue weighted by molar-refractivity contribution is 6.31. The van der Waals surface area contributed by atoms with Crippen molar-refractivity contribution in [3.05, 3.63) is 52.8 Å². The van der Waals surface area contributed by atoms with Crippen molar-refractivity contribution in [1.82, 2.24) is 4.98 Å². The van der Waals surface area contributed by atoms with Crippen molar-refractivity contribution >= 4 is 28.9 Å². The van der Waals surface area contributed by atoms with Gasteiger partial charge in [-0.3, -0.25) is 0 Å². The number of halogens is 4. The van der Waals surface area contributed by atoms with Gasteiger partial charge in [-0.05, 0) is 30.3 Å². The van der Waals surface area contributed by atoms with Crippen LogP contribution in [0.1, 0.15) is 16.1 Å². The number of anilines is 2. The molecule has 0 saturated carbocycles. The second kappa shape index (κ2) is 5.61. The van der Waals surface area contributed by atoms with Crippen LogP contribution in [0.4, 0.5) is 24.5 Å². The molecule has 2 N–H and O–H groups in total. The fourth-order valence-corrected chi connectivity index (χ4v) is 1.85. The standard InChI is InChI=1S/C13H8ClF3N2O2/c14-8-3-7(13(15,16)17)4-10(5-8)19-9-1-2-18-11(6-9)12(20)21/h1-6H,(H,18,19)(H,20,21). The second-order valence-electron chi connectivity index (χ2n) is 4.09. The number of pyridine rings is 1. The fourth-order valence-electron chi connectivity index (χ4n) is 1.62. The zero-order valence-corrected chi connectivity index (χ0v) is 11.0. The van der Waals surface area contributed by atoms with Crippen molar-refractivity contribution in [2.24, 2.45) is 0 Å². The number of hydrogen-bond donors (Lipinski definition) is 2. The van der Waals surface area contributed by atoms with Crippen molar-refractivity contribution in [2.45, 2.75) is 6.18 Å². The van der Waals surface area contributed by atoms with E-state index in [0.29, 0.717) is 0 Å². The molecule has 0 radical (unpaired) electrons. The van der Waals surface area contributed by atoms with Gasteiger partial charge in [0, 0.05) is 22.6 Å². The van der Waals surface area contributed by atoms with Crippen LogP contribution in [0.15, 0.2) is 36.5 Å². The topological polar surface area (TPSA) is 62.2 Å². The second-order valence-corrected chi connectivity index (χ2v) is 4.52. The number of carboxylic acids is 1. The third kappa shape index (κ3) is 3.85. The van der Waals surface area contributed by atoms with E-state index >= 15 is 0 Å². The Kier molecular flexibility index (Phi) is 4.04. The first-order chi connectivity index (χ1) is 9.75. The number of nitrogens with zero attached hydrogens (tertiary/aromatic N) is 1. The molecule has 2 aromatic rings. The van der Waals surface area contributed by atoms with Crippen LogP contribution in [0.3, 0.4) is 0 Å². The highest BCUT2D eigenvalue weighted by Gasteiger charge is 2.31. The van der Waals surface area contributed by atoms with E-state index in [1.807, 2.05) is 0 Å². The minimum absolute atomic E-state index is 0.0835. The number of carboxylic acid groups (broad SMARTS) is 1. The van der Waals surface area contributed by atoms with E-state index in [-0.39, 0.29) is 22.1 Å². The van der Waals surface area contributed by atoms with Crippen LogP contribution in [0.25, 0.3) is 0 Å². The Morgan fingerprint density at radius 1 is 1.19 bits per heavy atom. The Morgan fingerprint density at radius 2 is 1.90 bits per heavy atom. The number of hydrogen-bond acceptors (Lipinski definition) is 3. The highest BCUT2D eigenvalue weighted by atomic mass is 35.5. The molecule has 1 aromatic heterocycles. The van der Waals surface area contributed by atoms with Gasteiger partial charge in [-0.2, -0.15) is 13.2 Å². The Hall–Kier alpha value is -2.28. The summed E-state index contributed by atoms with van der Waals surface area (Å²) >= 11 is 5.66. The van der Waals surface area contributed by atoms with Crippen LogP contribution in [0.5, 0.6) is 0 Å². The van der Waals surface area contributed by atoms with Gasteiger partial charge in [0.05, 0.1) is 5.56 Å². The predicted molar refractivity (Wildman–Crippen MR) is 70.9 cm³/mol. The molecule has 1 heterocycles. The summed E-state index contributed by atoms with van der Waals surface area (Å²) in [7, 11) is 0. The maximum absolute atomic E-state index is 12.7. The smallest absolute Gasteiger partial charge is 0.416 e. The summed E-state index contributed by atoms with van der Waals surface area (Å²) in [5, 5.41) is 11.4. The summed E-state index contributed by atoms with van der Waals surface area (Å²) in [5.74, 6) is -1.24. The van der Waals surface area contributed by atoms with Gasteiger partial charge >= 0.3 is 12.1 Å². The molecule has 0 aliphatic heterocycles. The van der Waals surface area contributed by atoms with E-state index in [9.17, 15) is 18.0 Å². The molecule has 0 atom stereocenters. The minimum atomic E-state index is -4.52. The van der Waals surface area contributed by atoms with Crippen LogP contribution >= 0.6 is 11.6 Å². The minimum Gasteiger partial charge on any atom is -0.477 e. The number of nitrogens with one attached hydrogen (secondary N) is 1. The largest absolute Gasteiger partial charge is 0.477 e. The van der Waals surface area contributed by atoms with E-state index in [0.717, 1.165) is 12.1 Å². The first-order valence-corrected chi connectivity index (χ1v) is 5.97. The lowest BCUT2D eigenvalue weighted by Gasteiger charge is -2.12. The average molecular weight is 317 g/mol. The van der Waals surface area contributed by atoms with Crippen molar-refractivity contribution in [3.8, 4) is 0 Å². The Bertz CT molecular complexity index is 689. The lowest BCUT2D eigenvalue weighted by atomic mass is 10.2. The molecule has 0 aliphatic rings. The molecule has 4 nitrogen and oxygen atoms in total. The molecule has 8 heteroatoms. The van der Waals surface area contributed by atoms with E-state index in [4.69, 9.17) is 16.7 Å². The molecule has 21 heavy (non-hydrogen) atoms. The van der Waals surface area contributed by atoms with Crippen LogP contribution < -0.4 is 5.32 Å². The molecular weight excluding hydrogens is 309 g/mol. The monoisotopic (exact) mass is 316 g/mol. The first kappa shape index (κ1) is 15.1. The summed E-state index contributed by atoms with van der Waals surface area (Å²) in [4.78, 5) is 14.4. The molecule has 0 bridgehead atoms. The van der Waals surface area contributed by atoms with E-state index in [1.54, 1.807) is 0 Å². The predicted octanol–water partition coefficient (Wildman–Crippen LogP) is 4.20. The third-order valence-corrected chi connectivity index (χ3v) is 2.71. The number of carbonyl (C=O) groups is 1. The zero-order chi connectivity index (χ0) is 15.6. The summed E-state index contributed by atoms with van der Waals surface area (Å²) in [6.45, 7) is 0. The Morgan fingerprint density at radius 3 is 2.52 bits per heavy atom. The van der Waals surface area contributed by atoms with Gasteiger partial charge < -0.3 is 10.4 Å². The van der Waals surface area contributed by atoms with Gasteiger partial charge in [-0.15, -0.1) is 0 Å². The normalized spacial score (nSPS) is 11.2. The molecule has 0 amide bonds. The SMILES string of the molecule is O=C(O)c1cc(Nc2cc(Cl)cc(C(F)(F)F)c2)ccn1. The van der Waals surface area contributed by atoms with Gasteiger partial charge in [0.1, 0.15) is 5.69 Å². The highest BCUT2D eigenvalue weighted by Crippen LogP contribution is 2.34. The molecule has 0 spiro atoms. The Labute approximate surface area is 122 Å². The lowest BCUT2D eigenvalue weighted by Crippen LogP contribution is -2.06. The first-order valence-electron chi connectivity index (χ1n) is 5.60. The molecule has 0 aliphatic carbocycles. The summed E-state index contributed by atoms with van der Waals surface area (Å²) in [5.41, 5.74) is -0.738. The van der Waals surface area contributed by atoms with Crippen molar-refractivity contribution in [2.75, 3.05) is 5.32 Å². The van der Waals surface area contributed by atoms with Crippen LogP contribution in [-0.4, -0.2) is 16.1 Å². The molecule has 1 aromatic carbocycles. The third-order valence-electron chi connectivity index (χ3n) is 2.49. The molecule has 0 fully saturated rings. The van der Waals surface area contributed by atoms with Gasteiger partial charge in [-0.25, -0.2) is 9.78 Å². The van der Waals surface area contributed by atoms with Gasteiger partial charge in [0.25, 0.3) is 0 Å². The summed E-state index contributed by atoms with van der Waals surface area (Å²) < 4.78 is 38.0. The number of aromatic nitrogens is 1. The van der Waals surface area contributed by atoms with Crippen molar-refractivity contribution in [3.63, 3.8) is 0 Å². The van der Waals surface area contributed by atoms with Crippen molar-refractivity contribution < 1.29 is 23.1 Å². The van der Waals surface area contributed by atoms with Gasteiger partial charge in [-0.1, -0.05) is 11.6 Å². The molecule has 0 saturated heterocycles. The molecule has 2 rings (SSSR count). The molecule has 110 valence electrons. The van der Waals surface area contributed by atoms with Crippen LogP contribution in [-0.2, 0) is 6.18 Å². The number of rotatable bonds is 3. The number of benzene rings is 1. The average Bonchev–Trinajstić information content (AvgIpc) is 2.37. The summed E-state index contributed by atoms with van der Waals surface area (Å²) in [6, 6.07) is 5.63. The fraction of sp³-hybridized carbons (Fsp3) is 0.0769. The van der Waals surface area contributed by atoms with E-state index in [2.05, 4.69) is 10.3 Å². The summed E-state index contributed by atoms with van der Waals surface area (Å²) in [6.07, 6.45) is -3.28. The van der Waals surface area contributed by atoms with Crippen LogP contribution in [0.2, 0.25) is 5.02 Å². The quantitative estimate of drug-likeness (QED) is 0.891. The maximum Gasteiger partial charge on any atom is 0.416 e. The van der Waals surface area contributed by atoms with Crippen molar-refractivity contribution in [1.29, 1.82) is 0 Å². The van der Waals surface area contributed by atoms with Gasteiger partial charge in [0.15, 0.2) is 0 Å². The Balaban J connectivity index is 2.33.